The van der Waals surface area contributed by atoms with Crippen molar-refractivity contribution in [3.63, 3.8) is 0 Å². The highest BCUT2D eigenvalue weighted by Gasteiger charge is 2.09. The third-order valence-electron chi connectivity index (χ3n) is 2.07. The van der Waals surface area contributed by atoms with Crippen molar-refractivity contribution >= 4 is 17.2 Å². The molecule has 0 radical (unpaired) electrons. The minimum absolute atomic E-state index is 0.0305. The van der Waals surface area contributed by atoms with Crippen LogP contribution in [0, 0.1) is 6.92 Å². The topological polar surface area (TPSA) is 57.8 Å². The van der Waals surface area contributed by atoms with Crippen LogP contribution in [0.3, 0.4) is 0 Å². The Morgan fingerprint density at radius 1 is 1.60 bits per heavy atom. The fourth-order valence-corrected chi connectivity index (χ4v) is 2.09. The zero-order valence-corrected chi connectivity index (χ0v) is 9.10. The van der Waals surface area contributed by atoms with Gasteiger partial charge in [-0.1, -0.05) is 0 Å². The molecule has 2 N–H and O–H groups in total. The molecule has 0 saturated heterocycles. The number of H-pyrrole nitrogens is 1. The summed E-state index contributed by atoms with van der Waals surface area (Å²) in [5, 5.41) is 11.3. The summed E-state index contributed by atoms with van der Waals surface area (Å²) in [7, 11) is 0. The van der Waals surface area contributed by atoms with Crippen molar-refractivity contribution in [3.05, 3.63) is 39.8 Å². The molecular formula is C10H11N3OS. The molecule has 2 rings (SSSR count). The van der Waals surface area contributed by atoms with Gasteiger partial charge < -0.3 is 5.32 Å². The van der Waals surface area contributed by atoms with Crippen LogP contribution < -0.4 is 5.32 Å². The number of carbonyl (C=O) groups excluding carboxylic acids is 1. The van der Waals surface area contributed by atoms with E-state index in [-0.39, 0.29) is 5.91 Å². The summed E-state index contributed by atoms with van der Waals surface area (Å²) in [6, 6.07) is 3.78. The lowest BCUT2D eigenvalue weighted by Crippen LogP contribution is -2.22. The van der Waals surface area contributed by atoms with Crippen molar-refractivity contribution in [1.82, 2.24) is 15.5 Å². The maximum Gasteiger partial charge on any atom is 0.261 e. The monoisotopic (exact) mass is 221 g/mol. The fraction of sp³-hybridized carbons (Fsp3) is 0.200. The van der Waals surface area contributed by atoms with Gasteiger partial charge in [-0.25, -0.2) is 0 Å². The minimum Gasteiger partial charge on any atom is -0.346 e. The Bertz CT molecular complexity index is 447. The Kier molecular flexibility index (Phi) is 2.82. The first-order chi connectivity index (χ1) is 7.27. The van der Waals surface area contributed by atoms with E-state index in [1.807, 2.05) is 24.4 Å². The van der Waals surface area contributed by atoms with Crippen molar-refractivity contribution in [2.24, 2.45) is 0 Å². The Balaban J connectivity index is 1.96. The van der Waals surface area contributed by atoms with Crippen LogP contribution in [-0.2, 0) is 6.54 Å². The van der Waals surface area contributed by atoms with Gasteiger partial charge >= 0.3 is 0 Å². The Morgan fingerprint density at radius 3 is 3.07 bits per heavy atom. The molecule has 0 aliphatic rings. The van der Waals surface area contributed by atoms with Crippen LogP contribution in [0.25, 0.3) is 0 Å². The Morgan fingerprint density at radius 2 is 2.47 bits per heavy atom. The number of hydrogen-bond acceptors (Lipinski definition) is 3. The van der Waals surface area contributed by atoms with Gasteiger partial charge in [-0.2, -0.15) is 5.10 Å². The number of amides is 1. The number of aryl methyl sites for hydroxylation is 1. The second kappa shape index (κ2) is 4.27. The molecule has 15 heavy (non-hydrogen) atoms. The Hall–Kier alpha value is -1.62. The van der Waals surface area contributed by atoms with Crippen molar-refractivity contribution in [2.45, 2.75) is 13.5 Å². The van der Waals surface area contributed by atoms with Crippen LogP contribution >= 0.6 is 11.3 Å². The number of nitrogens with one attached hydrogen (secondary N) is 2. The van der Waals surface area contributed by atoms with Gasteiger partial charge in [0.25, 0.3) is 5.91 Å². The summed E-state index contributed by atoms with van der Waals surface area (Å²) in [5.41, 5.74) is 1.92. The smallest absolute Gasteiger partial charge is 0.261 e. The average Bonchev–Trinajstić information content (AvgIpc) is 2.84. The molecule has 1 amide bonds. The number of hydrogen-bond donors (Lipinski definition) is 2. The summed E-state index contributed by atoms with van der Waals surface area (Å²) < 4.78 is 0. The van der Waals surface area contributed by atoms with Gasteiger partial charge in [0.1, 0.15) is 0 Å². The molecule has 2 aromatic rings. The molecule has 0 fully saturated rings. The molecule has 0 spiro atoms. The third kappa shape index (κ3) is 2.24. The molecule has 0 unspecified atom stereocenters. The number of aromatic nitrogens is 2. The van der Waals surface area contributed by atoms with Crippen LogP contribution in [-0.4, -0.2) is 16.1 Å². The van der Waals surface area contributed by atoms with E-state index in [2.05, 4.69) is 15.5 Å². The first-order valence-electron chi connectivity index (χ1n) is 4.58. The van der Waals surface area contributed by atoms with Crippen molar-refractivity contribution in [2.75, 3.05) is 0 Å². The van der Waals surface area contributed by atoms with Gasteiger partial charge in [0.15, 0.2) is 0 Å². The first kappa shape index (κ1) is 9.92. The molecule has 5 heteroatoms. The van der Waals surface area contributed by atoms with E-state index in [9.17, 15) is 4.79 Å². The summed E-state index contributed by atoms with van der Waals surface area (Å²) in [6.07, 6.45) is 1.66. The standard InChI is InChI=1S/C10H11N3OS/c1-7-3-5-15-9(7)10(14)11-6-8-2-4-12-13-8/h2-5H,6H2,1H3,(H,11,14)(H,12,13). The SMILES string of the molecule is Cc1ccsc1C(=O)NCc1ccn[nH]1. The minimum atomic E-state index is -0.0305. The molecule has 0 aromatic carbocycles. The van der Waals surface area contributed by atoms with E-state index in [1.165, 1.54) is 11.3 Å². The second-order valence-corrected chi connectivity index (χ2v) is 4.11. The van der Waals surface area contributed by atoms with Crippen LogP contribution in [0.5, 0.6) is 0 Å². The second-order valence-electron chi connectivity index (χ2n) is 3.20. The van der Waals surface area contributed by atoms with E-state index in [4.69, 9.17) is 0 Å². The fourth-order valence-electron chi connectivity index (χ4n) is 1.24. The van der Waals surface area contributed by atoms with E-state index in [0.29, 0.717) is 6.54 Å². The molecule has 78 valence electrons. The number of rotatable bonds is 3. The molecule has 0 bridgehead atoms. The van der Waals surface area contributed by atoms with Gasteiger partial charge in [-0.05, 0) is 30.0 Å². The quantitative estimate of drug-likeness (QED) is 0.829. The molecule has 2 aromatic heterocycles. The first-order valence-corrected chi connectivity index (χ1v) is 5.46. The van der Waals surface area contributed by atoms with Gasteiger partial charge in [0.05, 0.1) is 17.1 Å². The molecule has 4 nitrogen and oxygen atoms in total. The van der Waals surface area contributed by atoms with Gasteiger partial charge in [0.2, 0.25) is 0 Å². The maximum absolute atomic E-state index is 11.7. The third-order valence-corrected chi connectivity index (χ3v) is 3.08. The molecule has 0 aliphatic carbocycles. The lowest BCUT2D eigenvalue weighted by molar-refractivity contribution is 0.0954. The van der Waals surface area contributed by atoms with Crippen LogP contribution in [0.2, 0.25) is 0 Å². The van der Waals surface area contributed by atoms with E-state index in [1.54, 1.807) is 6.20 Å². The normalized spacial score (nSPS) is 10.2. The average molecular weight is 221 g/mol. The highest BCUT2D eigenvalue weighted by atomic mass is 32.1. The van der Waals surface area contributed by atoms with E-state index in [0.717, 1.165) is 16.1 Å². The Labute approximate surface area is 91.3 Å². The molecule has 0 aliphatic heterocycles. The lowest BCUT2D eigenvalue weighted by atomic mass is 10.3. The predicted molar refractivity (Wildman–Crippen MR) is 58.8 cm³/mol. The van der Waals surface area contributed by atoms with Crippen molar-refractivity contribution in [1.29, 1.82) is 0 Å². The zero-order chi connectivity index (χ0) is 10.7. The van der Waals surface area contributed by atoms with Crippen LogP contribution in [0.1, 0.15) is 20.9 Å². The number of carbonyl (C=O) groups is 1. The summed E-state index contributed by atoms with van der Waals surface area (Å²) in [4.78, 5) is 12.5. The number of thiophene rings is 1. The highest BCUT2D eigenvalue weighted by molar-refractivity contribution is 7.12. The number of aromatic amines is 1. The predicted octanol–water partition coefficient (Wildman–Crippen LogP) is 1.71. The largest absolute Gasteiger partial charge is 0.346 e. The summed E-state index contributed by atoms with van der Waals surface area (Å²) in [5.74, 6) is -0.0305. The lowest BCUT2D eigenvalue weighted by Gasteiger charge is -2.02. The van der Waals surface area contributed by atoms with Crippen LogP contribution in [0.15, 0.2) is 23.7 Å². The van der Waals surface area contributed by atoms with E-state index >= 15 is 0 Å². The molecule has 0 atom stereocenters. The van der Waals surface area contributed by atoms with Crippen molar-refractivity contribution < 1.29 is 4.79 Å². The maximum atomic E-state index is 11.7. The molecule has 2 heterocycles. The van der Waals surface area contributed by atoms with Gasteiger partial charge in [-0.3, -0.25) is 9.89 Å². The summed E-state index contributed by atoms with van der Waals surface area (Å²) in [6.45, 7) is 2.41. The molecular weight excluding hydrogens is 210 g/mol. The zero-order valence-electron chi connectivity index (χ0n) is 8.28. The van der Waals surface area contributed by atoms with E-state index < -0.39 is 0 Å². The van der Waals surface area contributed by atoms with Crippen LogP contribution in [0.4, 0.5) is 0 Å². The van der Waals surface area contributed by atoms with Crippen molar-refractivity contribution in [3.8, 4) is 0 Å². The number of nitrogens with zero attached hydrogens (tertiary/aromatic N) is 1. The van der Waals surface area contributed by atoms with Gasteiger partial charge in [-0.15, -0.1) is 11.3 Å². The molecule has 0 saturated carbocycles. The summed E-state index contributed by atoms with van der Waals surface area (Å²) >= 11 is 1.46. The van der Waals surface area contributed by atoms with Gasteiger partial charge in [0, 0.05) is 6.20 Å². The highest BCUT2D eigenvalue weighted by Crippen LogP contribution is 2.14.